The molecule has 0 aliphatic carbocycles. The second-order valence-corrected chi connectivity index (χ2v) is 8.29. The Morgan fingerprint density at radius 3 is 2.46 bits per heavy atom. The van der Waals surface area contributed by atoms with Crippen LogP contribution in [0.5, 0.6) is 0 Å². The standard InChI is InChI=1S/C17H27N3O3S/c1-4-5-15-11-20(12-17(15)19-13(2)21)10-14-6-8-16(9-7-14)24(22,23)18-3/h6-9,15,17-18H,4-5,10-12H2,1-3H3,(H,19,21)/t15-,17-/m0/s1. The number of benzene rings is 1. The lowest BCUT2D eigenvalue weighted by Gasteiger charge is -2.18. The zero-order chi connectivity index (χ0) is 17.7. The van der Waals surface area contributed by atoms with Gasteiger partial charge in [-0.2, -0.15) is 0 Å². The van der Waals surface area contributed by atoms with Crippen molar-refractivity contribution in [3.8, 4) is 0 Å². The van der Waals surface area contributed by atoms with Crippen LogP contribution in [-0.2, 0) is 21.4 Å². The van der Waals surface area contributed by atoms with Gasteiger partial charge < -0.3 is 5.32 Å². The normalized spacial score (nSPS) is 21.8. The minimum Gasteiger partial charge on any atom is -0.352 e. The highest BCUT2D eigenvalue weighted by molar-refractivity contribution is 7.89. The predicted octanol–water partition coefficient (Wildman–Crippen LogP) is 1.33. The van der Waals surface area contributed by atoms with E-state index in [9.17, 15) is 13.2 Å². The van der Waals surface area contributed by atoms with E-state index >= 15 is 0 Å². The van der Waals surface area contributed by atoms with E-state index in [0.29, 0.717) is 5.92 Å². The van der Waals surface area contributed by atoms with Gasteiger partial charge >= 0.3 is 0 Å². The van der Waals surface area contributed by atoms with Crippen LogP contribution in [0.15, 0.2) is 29.2 Å². The first kappa shape index (κ1) is 18.9. The molecule has 24 heavy (non-hydrogen) atoms. The molecule has 7 heteroatoms. The summed E-state index contributed by atoms with van der Waals surface area (Å²) in [5.74, 6) is 0.493. The quantitative estimate of drug-likeness (QED) is 0.775. The van der Waals surface area contributed by atoms with Crippen LogP contribution >= 0.6 is 0 Å². The third kappa shape index (κ3) is 4.78. The molecule has 2 rings (SSSR count). The number of sulfonamides is 1. The van der Waals surface area contributed by atoms with E-state index in [-0.39, 0.29) is 16.8 Å². The van der Waals surface area contributed by atoms with Crippen LogP contribution in [0, 0.1) is 5.92 Å². The number of carbonyl (C=O) groups excluding carboxylic acids is 1. The minimum atomic E-state index is -3.39. The van der Waals surface area contributed by atoms with E-state index in [1.807, 2.05) is 12.1 Å². The van der Waals surface area contributed by atoms with Crippen molar-refractivity contribution in [2.45, 2.75) is 44.2 Å². The topological polar surface area (TPSA) is 78.5 Å². The van der Waals surface area contributed by atoms with Gasteiger partial charge in [0.1, 0.15) is 0 Å². The fourth-order valence-corrected chi connectivity index (χ4v) is 4.06. The zero-order valence-electron chi connectivity index (χ0n) is 14.6. The van der Waals surface area contributed by atoms with Gasteiger partial charge in [-0.25, -0.2) is 13.1 Å². The van der Waals surface area contributed by atoms with Crippen molar-refractivity contribution < 1.29 is 13.2 Å². The molecule has 0 aromatic heterocycles. The third-order valence-corrected chi connectivity index (χ3v) is 5.90. The number of likely N-dealkylation sites (tertiary alicyclic amines) is 1. The highest BCUT2D eigenvalue weighted by atomic mass is 32.2. The van der Waals surface area contributed by atoms with Crippen LogP contribution in [-0.4, -0.2) is 45.4 Å². The summed E-state index contributed by atoms with van der Waals surface area (Å²) in [7, 11) is -1.99. The zero-order valence-corrected chi connectivity index (χ0v) is 15.4. The summed E-state index contributed by atoms with van der Waals surface area (Å²) in [6.45, 7) is 6.27. The van der Waals surface area contributed by atoms with Gasteiger partial charge in [0.15, 0.2) is 0 Å². The molecular formula is C17H27N3O3S. The Morgan fingerprint density at radius 1 is 1.25 bits per heavy atom. The first-order valence-electron chi connectivity index (χ1n) is 8.37. The molecule has 0 radical (unpaired) electrons. The fraction of sp³-hybridized carbons (Fsp3) is 0.588. The van der Waals surface area contributed by atoms with E-state index in [1.54, 1.807) is 19.1 Å². The van der Waals surface area contributed by atoms with Crippen LogP contribution in [0.25, 0.3) is 0 Å². The molecule has 2 atom stereocenters. The van der Waals surface area contributed by atoms with Gasteiger partial charge in [0.2, 0.25) is 15.9 Å². The molecule has 0 unspecified atom stereocenters. The molecule has 1 aliphatic heterocycles. The van der Waals surface area contributed by atoms with Crippen LogP contribution in [0.3, 0.4) is 0 Å². The molecule has 0 bridgehead atoms. The molecule has 134 valence electrons. The maximum atomic E-state index is 11.8. The van der Waals surface area contributed by atoms with Crippen molar-refractivity contribution in [3.63, 3.8) is 0 Å². The van der Waals surface area contributed by atoms with Crippen molar-refractivity contribution in [1.82, 2.24) is 14.9 Å². The highest BCUT2D eigenvalue weighted by Crippen LogP contribution is 2.23. The van der Waals surface area contributed by atoms with E-state index < -0.39 is 10.0 Å². The predicted molar refractivity (Wildman–Crippen MR) is 94.0 cm³/mol. The molecule has 0 spiro atoms. The monoisotopic (exact) mass is 353 g/mol. The van der Waals surface area contributed by atoms with Gasteiger partial charge in [0.05, 0.1) is 4.90 Å². The SMILES string of the molecule is CCC[C@H]1CN(Cc2ccc(S(=O)(=O)NC)cc2)C[C@@H]1NC(C)=O. The van der Waals surface area contributed by atoms with Gasteiger partial charge in [-0.1, -0.05) is 25.5 Å². The van der Waals surface area contributed by atoms with Gasteiger partial charge in [0.25, 0.3) is 0 Å². The Kier molecular flexibility index (Phi) is 6.37. The van der Waals surface area contributed by atoms with Crippen molar-refractivity contribution in [1.29, 1.82) is 0 Å². The number of nitrogens with zero attached hydrogens (tertiary/aromatic N) is 1. The molecule has 1 fully saturated rings. The van der Waals surface area contributed by atoms with Gasteiger partial charge in [-0.15, -0.1) is 0 Å². The first-order valence-corrected chi connectivity index (χ1v) is 9.86. The maximum Gasteiger partial charge on any atom is 0.240 e. The van der Waals surface area contributed by atoms with E-state index in [2.05, 4.69) is 21.9 Å². The van der Waals surface area contributed by atoms with Gasteiger partial charge in [-0.3, -0.25) is 9.69 Å². The largest absolute Gasteiger partial charge is 0.352 e. The number of hydrogen-bond acceptors (Lipinski definition) is 4. The second kappa shape index (κ2) is 8.09. The molecule has 6 nitrogen and oxygen atoms in total. The van der Waals surface area contributed by atoms with Crippen molar-refractivity contribution >= 4 is 15.9 Å². The maximum absolute atomic E-state index is 11.8. The minimum absolute atomic E-state index is 0.0181. The number of rotatable bonds is 7. The number of carbonyl (C=O) groups is 1. The summed E-state index contributed by atoms with van der Waals surface area (Å²) < 4.78 is 25.8. The van der Waals surface area contributed by atoms with E-state index in [4.69, 9.17) is 0 Å². The Balaban J connectivity index is 2.02. The number of hydrogen-bond donors (Lipinski definition) is 2. The highest BCUT2D eigenvalue weighted by Gasteiger charge is 2.32. The number of nitrogens with one attached hydrogen (secondary N) is 2. The van der Waals surface area contributed by atoms with Crippen molar-refractivity contribution in [2.75, 3.05) is 20.1 Å². The van der Waals surface area contributed by atoms with Crippen LogP contribution in [0.1, 0.15) is 32.3 Å². The Hall–Kier alpha value is -1.44. The van der Waals surface area contributed by atoms with Crippen LogP contribution < -0.4 is 10.0 Å². The Morgan fingerprint density at radius 2 is 1.92 bits per heavy atom. The summed E-state index contributed by atoms with van der Waals surface area (Å²) in [6, 6.07) is 7.17. The molecule has 1 heterocycles. The first-order chi connectivity index (χ1) is 11.4. The fourth-order valence-electron chi connectivity index (χ4n) is 3.33. The summed E-state index contributed by atoms with van der Waals surface area (Å²) in [5, 5.41) is 3.06. The van der Waals surface area contributed by atoms with Crippen molar-refractivity contribution in [2.24, 2.45) is 5.92 Å². The average Bonchev–Trinajstić information content (AvgIpc) is 2.89. The average molecular weight is 353 g/mol. The molecule has 1 aromatic rings. The summed E-state index contributed by atoms with van der Waals surface area (Å²) >= 11 is 0. The van der Waals surface area contributed by atoms with E-state index in [0.717, 1.165) is 38.0 Å². The molecule has 1 saturated heterocycles. The molecule has 0 saturated carbocycles. The van der Waals surface area contributed by atoms with Gasteiger partial charge in [0, 0.05) is 32.6 Å². The Bertz CT molecular complexity index is 658. The summed E-state index contributed by atoms with van der Waals surface area (Å²) in [6.07, 6.45) is 2.20. The van der Waals surface area contributed by atoms with Crippen LogP contribution in [0.2, 0.25) is 0 Å². The molecule has 1 aromatic carbocycles. The summed E-state index contributed by atoms with van der Waals surface area (Å²) in [4.78, 5) is 14.0. The van der Waals surface area contributed by atoms with Crippen molar-refractivity contribution in [3.05, 3.63) is 29.8 Å². The van der Waals surface area contributed by atoms with Gasteiger partial charge in [-0.05, 0) is 37.1 Å². The third-order valence-electron chi connectivity index (χ3n) is 4.47. The molecular weight excluding hydrogens is 326 g/mol. The number of amides is 1. The second-order valence-electron chi connectivity index (χ2n) is 6.40. The lowest BCUT2D eigenvalue weighted by molar-refractivity contribution is -0.119. The lowest BCUT2D eigenvalue weighted by Crippen LogP contribution is -2.39. The smallest absolute Gasteiger partial charge is 0.240 e. The van der Waals surface area contributed by atoms with E-state index in [1.165, 1.54) is 7.05 Å². The Labute approximate surface area is 144 Å². The van der Waals surface area contributed by atoms with Crippen LogP contribution in [0.4, 0.5) is 0 Å². The summed E-state index contributed by atoms with van der Waals surface area (Å²) in [5.41, 5.74) is 1.07. The molecule has 1 aliphatic rings. The lowest BCUT2D eigenvalue weighted by atomic mass is 9.98. The molecule has 1 amide bonds. The molecule has 2 N–H and O–H groups in total.